The summed E-state index contributed by atoms with van der Waals surface area (Å²) in [5, 5.41) is 0. The van der Waals surface area contributed by atoms with Gasteiger partial charge >= 0.3 is 0 Å². The van der Waals surface area contributed by atoms with Crippen LogP contribution in [0.25, 0.3) is 0 Å². The average molecular weight is 301 g/mol. The zero-order chi connectivity index (χ0) is 15.0. The summed E-state index contributed by atoms with van der Waals surface area (Å²) in [5.41, 5.74) is 3.18. The Morgan fingerprint density at radius 2 is 1.71 bits per heavy atom. The second-order valence-corrected chi connectivity index (χ2v) is 7.51. The lowest BCUT2D eigenvalue weighted by Crippen LogP contribution is -2.30. The molecule has 1 aliphatic carbocycles. The standard InChI is InChI=1S/C17H19NO2S/c1-13-7-3-6-10-17(13)21(19,20)18(2)16-12-11-14-8-4-5-9-15(14)16/h3-10,16H,11-12H2,1-2H3. The highest BCUT2D eigenvalue weighted by molar-refractivity contribution is 7.89. The SMILES string of the molecule is Cc1ccccc1S(=O)(=O)N(C)C1CCc2ccccc21. The highest BCUT2D eigenvalue weighted by Gasteiger charge is 2.33. The number of sulfonamides is 1. The first-order valence-electron chi connectivity index (χ1n) is 7.13. The summed E-state index contributed by atoms with van der Waals surface area (Å²) in [7, 11) is -1.77. The molecule has 0 N–H and O–H groups in total. The maximum Gasteiger partial charge on any atom is 0.243 e. The number of fused-ring (bicyclic) bond motifs is 1. The Hall–Kier alpha value is -1.65. The third-order valence-corrected chi connectivity index (χ3v) is 6.32. The maximum absolute atomic E-state index is 12.9. The lowest BCUT2D eigenvalue weighted by Gasteiger charge is -2.25. The van der Waals surface area contributed by atoms with Crippen LogP contribution >= 0.6 is 0 Å². The molecule has 0 spiro atoms. The molecule has 0 bridgehead atoms. The minimum absolute atomic E-state index is 0.0641. The van der Waals surface area contributed by atoms with E-state index in [9.17, 15) is 8.42 Å². The second kappa shape index (κ2) is 5.28. The molecule has 0 saturated heterocycles. The van der Waals surface area contributed by atoms with Gasteiger partial charge < -0.3 is 0 Å². The van der Waals surface area contributed by atoms with Gasteiger partial charge in [-0.2, -0.15) is 4.31 Å². The molecule has 0 aromatic heterocycles. The molecular formula is C17H19NO2S. The molecule has 0 radical (unpaired) electrons. The largest absolute Gasteiger partial charge is 0.243 e. The number of aryl methyl sites for hydroxylation is 2. The van der Waals surface area contributed by atoms with Gasteiger partial charge in [0.25, 0.3) is 0 Å². The van der Waals surface area contributed by atoms with Gasteiger partial charge in [-0.1, -0.05) is 42.5 Å². The first-order valence-corrected chi connectivity index (χ1v) is 8.57. The molecule has 110 valence electrons. The molecule has 0 heterocycles. The molecular weight excluding hydrogens is 282 g/mol. The van der Waals surface area contributed by atoms with E-state index >= 15 is 0 Å². The summed E-state index contributed by atoms with van der Waals surface area (Å²) in [6, 6.07) is 15.2. The predicted octanol–water partition coefficient (Wildman–Crippen LogP) is 3.30. The number of rotatable bonds is 3. The number of hydrogen-bond donors (Lipinski definition) is 0. The Morgan fingerprint density at radius 1 is 1.05 bits per heavy atom. The van der Waals surface area contributed by atoms with Gasteiger partial charge in [0.15, 0.2) is 0 Å². The van der Waals surface area contributed by atoms with Crippen LogP contribution in [0.4, 0.5) is 0 Å². The summed E-state index contributed by atoms with van der Waals surface area (Å²) < 4.78 is 27.3. The predicted molar refractivity (Wildman–Crippen MR) is 83.6 cm³/mol. The van der Waals surface area contributed by atoms with Crippen LogP contribution in [0.2, 0.25) is 0 Å². The van der Waals surface area contributed by atoms with E-state index in [4.69, 9.17) is 0 Å². The van der Waals surface area contributed by atoms with Crippen LogP contribution in [0, 0.1) is 6.92 Å². The van der Waals surface area contributed by atoms with Gasteiger partial charge in [-0.15, -0.1) is 0 Å². The van der Waals surface area contributed by atoms with E-state index in [1.165, 1.54) is 9.87 Å². The molecule has 21 heavy (non-hydrogen) atoms. The van der Waals surface area contributed by atoms with Gasteiger partial charge in [-0.3, -0.25) is 0 Å². The monoisotopic (exact) mass is 301 g/mol. The minimum atomic E-state index is -3.46. The fourth-order valence-corrected chi connectivity index (χ4v) is 4.67. The second-order valence-electron chi connectivity index (χ2n) is 5.54. The zero-order valence-electron chi connectivity index (χ0n) is 12.3. The van der Waals surface area contributed by atoms with Crippen LogP contribution in [0.15, 0.2) is 53.4 Å². The molecule has 3 nitrogen and oxygen atoms in total. The van der Waals surface area contributed by atoms with Gasteiger partial charge in [-0.05, 0) is 42.5 Å². The van der Waals surface area contributed by atoms with Gasteiger partial charge in [-0.25, -0.2) is 8.42 Å². The van der Waals surface area contributed by atoms with E-state index in [1.54, 1.807) is 19.2 Å². The number of hydrogen-bond acceptors (Lipinski definition) is 2. The molecule has 1 aliphatic rings. The van der Waals surface area contributed by atoms with Gasteiger partial charge in [0.2, 0.25) is 10.0 Å². The lowest BCUT2D eigenvalue weighted by molar-refractivity contribution is 0.374. The highest BCUT2D eigenvalue weighted by atomic mass is 32.2. The van der Waals surface area contributed by atoms with Crippen molar-refractivity contribution in [3.8, 4) is 0 Å². The maximum atomic E-state index is 12.9. The Balaban J connectivity index is 2.00. The first kappa shape index (κ1) is 14.3. The topological polar surface area (TPSA) is 37.4 Å². The van der Waals surface area contributed by atoms with Crippen molar-refractivity contribution in [3.63, 3.8) is 0 Å². The van der Waals surface area contributed by atoms with Crippen molar-refractivity contribution in [2.75, 3.05) is 7.05 Å². The van der Waals surface area contributed by atoms with E-state index < -0.39 is 10.0 Å². The van der Waals surface area contributed by atoms with Crippen molar-refractivity contribution in [3.05, 3.63) is 65.2 Å². The van der Waals surface area contributed by atoms with Crippen molar-refractivity contribution in [1.82, 2.24) is 4.31 Å². The summed E-state index contributed by atoms with van der Waals surface area (Å²) in [6.45, 7) is 1.84. The van der Waals surface area contributed by atoms with Crippen molar-refractivity contribution in [1.29, 1.82) is 0 Å². The summed E-state index contributed by atoms with van der Waals surface area (Å²) in [6.07, 6.45) is 1.79. The van der Waals surface area contributed by atoms with Crippen LogP contribution < -0.4 is 0 Å². The minimum Gasteiger partial charge on any atom is -0.207 e. The Labute approximate surface area is 126 Å². The van der Waals surface area contributed by atoms with Crippen LogP contribution in [0.5, 0.6) is 0 Å². The van der Waals surface area contributed by atoms with Crippen molar-refractivity contribution in [2.24, 2.45) is 0 Å². The van der Waals surface area contributed by atoms with E-state index in [0.717, 1.165) is 24.0 Å². The van der Waals surface area contributed by atoms with E-state index in [-0.39, 0.29) is 6.04 Å². The van der Waals surface area contributed by atoms with Crippen LogP contribution in [-0.2, 0) is 16.4 Å². The fraction of sp³-hybridized carbons (Fsp3) is 0.294. The smallest absolute Gasteiger partial charge is 0.207 e. The zero-order valence-corrected chi connectivity index (χ0v) is 13.1. The van der Waals surface area contributed by atoms with Crippen molar-refractivity contribution in [2.45, 2.75) is 30.7 Å². The van der Waals surface area contributed by atoms with Crippen molar-refractivity contribution >= 4 is 10.0 Å². The summed E-state index contributed by atoms with van der Waals surface area (Å²) in [5.74, 6) is 0. The van der Waals surface area contributed by atoms with E-state index in [0.29, 0.717) is 4.90 Å². The molecule has 0 saturated carbocycles. The lowest BCUT2D eigenvalue weighted by atomic mass is 10.1. The van der Waals surface area contributed by atoms with Crippen LogP contribution in [0.3, 0.4) is 0 Å². The van der Waals surface area contributed by atoms with Crippen LogP contribution in [-0.4, -0.2) is 19.8 Å². The van der Waals surface area contributed by atoms with Gasteiger partial charge in [0, 0.05) is 7.05 Å². The normalized spacial score (nSPS) is 18.0. The fourth-order valence-electron chi connectivity index (χ4n) is 3.08. The van der Waals surface area contributed by atoms with Gasteiger partial charge in [0.05, 0.1) is 10.9 Å². The van der Waals surface area contributed by atoms with E-state index in [1.807, 2.05) is 37.3 Å². The average Bonchev–Trinajstić information content (AvgIpc) is 2.90. The third kappa shape index (κ3) is 2.39. The molecule has 0 fully saturated rings. The third-order valence-electron chi connectivity index (χ3n) is 4.29. The molecule has 0 aliphatic heterocycles. The molecule has 0 amide bonds. The summed E-state index contributed by atoms with van der Waals surface area (Å²) in [4.78, 5) is 0.400. The van der Waals surface area contributed by atoms with Crippen LogP contribution in [0.1, 0.15) is 29.2 Å². The quantitative estimate of drug-likeness (QED) is 0.872. The molecule has 3 rings (SSSR count). The highest BCUT2D eigenvalue weighted by Crippen LogP contribution is 2.37. The molecule has 2 aromatic rings. The van der Waals surface area contributed by atoms with Gasteiger partial charge in [0.1, 0.15) is 0 Å². The molecule has 1 unspecified atom stereocenters. The first-order chi connectivity index (χ1) is 10.0. The van der Waals surface area contributed by atoms with Crippen molar-refractivity contribution < 1.29 is 8.42 Å². The number of nitrogens with zero attached hydrogens (tertiary/aromatic N) is 1. The summed E-state index contributed by atoms with van der Waals surface area (Å²) >= 11 is 0. The molecule has 4 heteroatoms. The molecule has 2 aromatic carbocycles. The molecule has 1 atom stereocenters. The van der Waals surface area contributed by atoms with E-state index in [2.05, 4.69) is 6.07 Å². The Kier molecular flexibility index (Phi) is 3.59. The Morgan fingerprint density at radius 3 is 2.48 bits per heavy atom. The number of benzene rings is 2. The Bertz CT molecular complexity index is 768.